The van der Waals surface area contributed by atoms with Crippen molar-refractivity contribution in [3.63, 3.8) is 0 Å². The van der Waals surface area contributed by atoms with Crippen molar-refractivity contribution in [1.82, 2.24) is 0 Å². The Labute approximate surface area is 103 Å². The molecule has 0 radical (unpaired) electrons. The molecule has 1 rings (SSSR count). The van der Waals surface area contributed by atoms with Gasteiger partial charge >= 0.3 is 0 Å². The number of thioether (sulfide) groups is 1. The Bertz CT molecular complexity index is 302. The van der Waals surface area contributed by atoms with Crippen LogP contribution in [0.5, 0.6) is 0 Å². The van der Waals surface area contributed by atoms with Gasteiger partial charge in [-0.3, -0.25) is 0 Å². The van der Waals surface area contributed by atoms with Crippen LogP contribution < -0.4 is 10.6 Å². The minimum atomic E-state index is 0.887. The van der Waals surface area contributed by atoms with Gasteiger partial charge in [-0.2, -0.15) is 11.8 Å². The Kier molecular flexibility index (Phi) is 6.16. The maximum Gasteiger partial charge on any atom is 0.0600 e. The second-order valence-electron chi connectivity index (χ2n) is 3.74. The molecule has 2 nitrogen and oxygen atoms in total. The van der Waals surface area contributed by atoms with Crippen LogP contribution in [0.25, 0.3) is 0 Å². The second-order valence-corrected chi connectivity index (χ2v) is 5.14. The fourth-order valence-corrected chi connectivity index (χ4v) is 2.36. The van der Waals surface area contributed by atoms with Crippen LogP contribution in [0.2, 0.25) is 0 Å². The van der Waals surface area contributed by atoms with Gasteiger partial charge in [0.1, 0.15) is 0 Å². The molecule has 3 heteroatoms. The zero-order chi connectivity index (χ0) is 11.8. The lowest BCUT2D eigenvalue weighted by atomic mass is 10.2. The van der Waals surface area contributed by atoms with E-state index in [1.807, 2.05) is 23.9 Å². The van der Waals surface area contributed by atoms with Gasteiger partial charge in [0, 0.05) is 18.8 Å². The van der Waals surface area contributed by atoms with Crippen molar-refractivity contribution in [3.05, 3.63) is 24.3 Å². The molecule has 0 unspecified atom stereocenters. The third-order valence-corrected chi connectivity index (χ3v) is 3.36. The Hall–Kier alpha value is -0.830. The van der Waals surface area contributed by atoms with Crippen molar-refractivity contribution in [2.24, 2.45) is 0 Å². The number of nitrogen functional groups attached to an aromatic ring is 1. The van der Waals surface area contributed by atoms with Gasteiger partial charge < -0.3 is 10.6 Å². The minimum absolute atomic E-state index is 0.887. The molecule has 0 aliphatic rings. The Morgan fingerprint density at radius 1 is 1.19 bits per heavy atom. The van der Waals surface area contributed by atoms with Gasteiger partial charge in [0.25, 0.3) is 0 Å². The van der Waals surface area contributed by atoms with Crippen LogP contribution >= 0.6 is 11.8 Å². The maximum atomic E-state index is 6.01. The highest BCUT2D eigenvalue weighted by molar-refractivity contribution is 7.99. The number of nitrogens with zero attached hydrogens (tertiary/aromatic N) is 1. The molecule has 0 bridgehead atoms. The summed E-state index contributed by atoms with van der Waals surface area (Å²) in [6.45, 7) is 6.57. The Balaban J connectivity index is 2.65. The van der Waals surface area contributed by atoms with E-state index in [0.717, 1.165) is 25.2 Å². The maximum absolute atomic E-state index is 6.01. The van der Waals surface area contributed by atoms with E-state index in [-0.39, 0.29) is 0 Å². The molecule has 0 aliphatic heterocycles. The number of nitrogens with two attached hydrogens (primary N) is 1. The fraction of sp³-hybridized carbons (Fsp3) is 0.538. The molecule has 0 amide bonds. The molecule has 1 aromatic rings. The summed E-state index contributed by atoms with van der Waals surface area (Å²) in [4.78, 5) is 2.39. The van der Waals surface area contributed by atoms with Crippen LogP contribution in [0.15, 0.2) is 24.3 Å². The van der Waals surface area contributed by atoms with Gasteiger partial charge in [0.15, 0.2) is 0 Å². The lowest BCUT2D eigenvalue weighted by molar-refractivity contribution is 0.797. The quantitative estimate of drug-likeness (QED) is 0.584. The molecule has 1 aromatic carbocycles. The Morgan fingerprint density at radius 3 is 2.56 bits per heavy atom. The zero-order valence-corrected chi connectivity index (χ0v) is 11.1. The van der Waals surface area contributed by atoms with Gasteiger partial charge in [-0.15, -0.1) is 0 Å². The summed E-state index contributed by atoms with van der Waals surface area (Å²) < 4.78 is 0. The summed E-state index contributed by atoms with van der Waals surface area (Å²) in [5, 5.41) is 0. The van der Waals surface area contributed by atoms with Crippen LogP contribution in [0.3, 0.4) is 0 Å². The summed E-state index contributed by atoms with van der Waals surface area (Å²) in [6, 6.07) is 8.14. The lowest BCUT2D eigenvalue weighted by Crippen LogP contribution is -2.27. The number of para-hydroxylation sites is 2. The molecular weight excluding hydrogens is 216 g/mol. The fourth-order valence-electron chi connectivity index (χ4n) is 1.72. The van der Waals surface area contributed by atoms with Crippen molar-refractivity contribution >= 4 is 23.1 Å². The van der Waals surface area contributed by atoms with Gasteiger partial charge in [-0.1, -0.05) is 26.0 Å². The number of hydrogen-bond acceptors (Lipinski definition) is 3. The van der Waals surface area contributed by atoms with Crippen LogP contribution in [-0.4, -0.2) is 24.6 Å². The summed E-state index contributed by atoms with van der Waals surface area (Å²) in [6.07, 6.45) is 1.16. The highest BCUT2D eigenvalue weighted by Crippen LogP contribution is 2.22. The summed E-state index contributed by atoms with van der Waals surface area (Å²) in [5.74, 6) is 2.36. The number of benzene rings is 1. The average molecular weight is 238 g/mol. The molecule has 0 saturated heterocycles. The van der Waals surface area contributed by atoms with E-state index >= 15 is 0 Å². The number of anilines is 2. The molecule has 0 aliphatic carbocycles. The van der Waals surface area contributed by atoms with Crippen molar-refractivity contribution in [1.29, 1.82) is 0 Å². The van der Waals surface area contributed by atoms with Crippen LogP contribution in [0, 0.1) is 0 Å². The number of rotatable bonds is 7. The van der Waals surface area contributed by atoms with Crippen LogP contribution in [0.1, 0.15) is 20.3 Å². The predicted octanol–water partition coefficient (Wildman–Crippen LogP) is 3.24. The minimum Gasteiger partial charge on any atom is -0.397 e. The van der Waals surface area contributed by atoms with Crippen molar-refractivity contribution in [2.75, 3.05) is 35.2 Å². The lowest BCUT2D eigenvalue weighted by Gasteiger charge is -2.25. The molecule has 0 heterocycles. The van der Waals surface area contributed by atoms with Crippen molar-refractivity contribution in [2.45, 2.75) is 20.3 Å². The molecule has 0 fully saturated rings. The largest absolute Gasteiger partial charge is 0.397 e. The van der Waals surface area contributed by atoms with Crippen molar-refractivity contribution in [3.8, 4) is 0 Å². The summed E-state index contributed by atoms with van der Waals surface area (Å²) in [5.41, 5.74) is 8.08. The van der Waals surface area contributed by atoms with Gasteiger partial charge in [0.2, 0.25) is 0 Å². The topological polar surface area (TPSA) is 29.3 Å². The van der Waals surface area contributed by atoms with E-state index in [1.54, 1.807) is 0 Å². The first-order valence-corrected chi connectivity index (χ1v) is 7.12. The zero-order valence-electron chi connectivity index (χ0n) is 10.3. The Morgan fingerprint density at radius 2 is 1.94 bits per heavy atom. The van der Waals surface area contributed by atoms with Crippen LogP contribution in [-0.2, 0) is 0 Å². The highest BCUT2D eigenvalue weighted by atomic mass is 32.2. The van der Waals surface area contributed by atoms with E-state index in [9.17, 15) is 0 Å². The number of hydrogen-bond donors (Lipinski definition) is 1. The molecule has 90 valence electrons. The van der Waals surface area contributed by atoms with E-state index in [4.69, 9.17) is 5.73 Å². The molecular formula is C13H22N2S. The van der Waals surface area contributed by atoms with Crippen molar-refractivity contribution < 1.29 is 0 Å². The van der Waals surface area contributed by atoms with E-state index in [2.05, 4.69) is 30.9 Å². The first-order valence-electron chi connectivity index (χ1n) is 5.96. The van der Waals surface area contributed by atoms with Gasteiger partial charge in [-0.25, -0.2) is 0 Å². The first-order chi connectivity index (χ1) is 7.79. The smallest absolute Gasteiger partial charge is 0.0600 e. The second kappa shape index (κ2) is 7.44. The highest BCUT2D eigenvalue weighted by Gasteiger charge is 2.07. The van der Waals surface area contributed by atoms with Crippen LogP contribution in [0.4, 0.5) is 11.4 Å². The normalized spacial score (nSPS) is 10.4. The van der Waals surface area contributed by atoms with E-state index in [1.165, 1.54) is 17.2 Å². The average Bonchev–Trinajstić information content (AvgIpc) is 2.29. The molecule has 2 N–H and O–H groups in total. The summed E-state index contributed by atoms with van der Waals surface area (Å²) in [7, 11) is 0. The molecule has 0 saturated carbocycles. The third kappa shape index (κ3) is 3.97. The molecule has 0 aromatic heterocycles. The molecule has 16 heavy (non-hydrogen) atoms. The van der Waals surface area contributed by atoms with E-state index < -0.39 is 0 Å². The predicted molar refractivity (Wildman–Crippen MR) is 76.4 cm³/mol. The monoisotopic (exact) mass is 238 g/mol. The third-order valence-electron chi connectivity index (χ3n) is 2.48. The van der Waals surface area contributed by atoms with Gasteiger partial charge in [0.05, 0.1) is 11.4 Å². The van der Waals surface area contributed by atoms with E-state index in [0.29, 0.717) is 0 Å². The summed E-state index contributed by atoms with van der Waals surface area (Å²) >= 11 is 1.98. The standard InChI is InChI=1S/C13H22N2S/c1-3-9-15(10-11-16-4-2)13-8-6-5-7-12(13)14/h5-8H,3-4,9-11,14H2,1-2H3. The van der Waals surface area contributed by atoms with Gasteiger partial charge in [-0.05, 0) is 24.3 Å². The first kappa shape index (κ1) is 13.2. The molecule has 0 atom stereocenters. The molecule has 0 spiro atoms. The SMILES string of the molecule is CCCN(CCSCC)c1ccccc1N.